The largest absolute Gasteiger partial charge is 0.256 e. The van der Waals surface area contributed by atoms with Crippen LogP contribution in [0.4, 0.5) is 0 Å². The molecule has 4 nitrogen and oxygen atoms in total. The number of benzene rings is 7. The quantitative estimate of drug-likeness (QED) is 0.170. The summed E-state index contributed by atoms with van der Waals surface area (Å²) in [6.07, 6.45) is 1.82. The van der Waals surface area contributed by atoms with Crippen LogP contribution in [-0.2, 0) is 0 Å². The molecular formula is C50H30N4S2. The fraction of sp³-hybridized carbons (Fsp3) is 0. The molecular weight excluding hydrogens is 721 g/mol. The van der Waals surface area contributed by atoms with Gasteiger partial charge < -0.3 is 0 Å². The van der Waals surface area contributed by atoms with Crippen LogP contribution in [0.25, 0.3) is 108 Å². The molecule has 262 valence electrons. The van der Waals surface area contributed by atoms with Gasteiger partial charge in [0.05, 0.1) is 5.69 Å². The maximum atomic E-state index is 5.26. The van der Waals surface area contributed by atoms with Crippen LogP contribution >= 0.6 is 22.7 Å². The number of hydrogen-bond acceptors (Lipinski definition) is 6. The SMILES string of the molecule is c1ccc(-c2nc(-c3cccc(-c4ccccn4)c3)nc(-c3cc(-c4cccc5c4sc4ccccc45)cc(-c4cccc5c4sc4ccccc45)c3)n2)cc1. The minimum atomic E-state index is 0.608. The Labute approximate surface area is 331 Å². The minimum absolute atomic E-state index is 0.608. The van der Waals surface area contributed by atoms with E-state index >= 15 is 0 Å². The van der Waals surface area contributed by atoms with Gasteiger partial charge in [-0.2, -0.15) is 0 Å². The highest BCUT2D eigenvalue weighted by molar-refractivity contribution is 7.26. The summed E-state index contributed by atoms with van der Waals surface area (Å²) in [4.78, 5) is 20.2. The molecule has 7 aromatic carbocycles. The second-order valence-electron chi connectivity index (χ2n) is 13.8. The van der Waals surface area contributed by atoms with Crippen LogP contribution in [0.3, 0.4) is 0 Å². The van der Waals surface area contributed by atoms with Crippen LogP contribution in [0.2, 0.25) is 0 Å². The number of fused-ring (bicyclic) bond motifs is 6. The van der Waals surface area contributed by atoms with Gasteiger partial charge in [0.15, 0.2) is 17.5 Å². The molecule has 0 aliphatic heterocycles. The Balaban J connectivity index is 1.17. The third-order valence-corrected chi connectivity index (χ3v) is 12.8. The van der Waals surface area contributed by atoms with Gasteiger partial charge in [0, 0.05) is 68.8 Å². The van der Waals surface area contributed by atoms with E-state index in [-0.39, 0.29) is 0 Å². The van der Waals surface area contributed by atoms with Gasteiger partial charge in [-0.3, -0.25) is 4.98 Å². The molecule has 0 bridgehead atoms. The molecule has 0 atom stereocenters. The van der Waals surface area contributed by atoms with Crippen molar-refractivity contribution in [2.24, 2.45) is 0 Å². The number of pyridine rings is 1. The van der Waals surface area contributed by atoms with E-state index in [0.29, 0.717) is 17.5 Å². The molecule has 6 heteroatoms. The number of hydrogen-bond donors (Lipinski definition) is 0. The van der Waals surface area contributed by atoms with E-state index in [2.05, 4.69) is 138 Å². The molecule has 0 N–H and O–H groups in total. The van der Waals surface area contributed by atoms with E-state index in [0.717, 1.165) is 39.1 Å². The molecule has 0 unspecified atom stereocenters. The first-order valence-electron chi connectivity index (χ1n) is 18.5. The highest BCUT2D eigenvalue weighted by Crippen LogP contribution is 2.44. The molecule has 0 aliphatic rings. The molecule has 0 aliphatic carbocycles. The first kappa shape index (κ1) is 32.6. The molecule has 4 aromatic heterocycles. The molecule has 0 spiro atoms. The topological polar surface area (TPSA) is 51.6 Å². The summed E-state index contributed by atoms with van der Waals surface area (Å²) in [6, 6.07) is 62.0. The number of nitrogens with zero attached hydrogens (tertiary/aromatic N) is 4. The van der Waals surface area contributed by atoms with Crippen molar-refractivity contribution in [2.75, 3.05) is 0 Å². The van der Waals surface area contributed by atoms with Crippen molar-refractivity contribution >= 4 is 63.0 Å². The van der Waals surface area contributed by atoms with Crippen molar-refractivity contribution in [3.05, 3.63) is 182 Å². The third kappa shape index (κ3) is 5.66. The summed E-state index contributed by atoms with van der Waals surface area (Å²) >= 11 is 3.69. The molecule has 56 heavy (non-hydrogen) atoms. The van der Waals surface area contributed by atoms with Gasteiger partial charge in [0.25, 0.3) is 0 Å². The van der Waals surface area contributed by atoms with Crippen LogP contribution < -0.4 is 0 Å². The molecule has 0 fully saturated rings. The average Bonchev–Trinajstić information content (AvgIpc) is 3.86. The summed E-state index contributed by atoms with van der Waals surface area (Å²) in [7, 11) is 0. The van der Waals surface area contributed by atoms with E-state index in [1.54, 1.807) is 0 Å². The van der Waals surface area contributed by atoms with Crippen molar-refractivity contribution < 1.29 is 0 Å². The molecule has 0 amide bonds. The smallest absolute Gasteiger partial charge is 0.164 e. The van der Waals surface area contributed by atoms with Gasteiger partial charge in [-0.15, -0.1) is 22.7 Å². The van der Waals surface area contributed by atoms with E-state index in [1.165, 1.54) is 51.5 Å². The molecule has 0 saturated carbocycles. The van der Waals surface area contributed by atoms with Gasteiger partial charge in [-0.05, 0) is 70.8 Å². The zero-order valence-electron chi connectivity index (χ0n) is 29.9. The van der Waals surface area contributed by atoms with Crippen molar-refractivity contribution in [1.29, 1.82) is 0 Å². The molecule has 0 radical (unpaired) electrons. The predicted molar refractivity (Wildman–Crippen MR) is 236 cm³/mol. The Morgan fingerprint density at radius 1 is 0.321 bits per heavy atom. The molecule has 0 saturated heterocycles. The highest BCUT2D eigenvalue weighted by atomic mass is 32.1. The maximum absolute atomic E-state index is 5.26. The summed E-state index contributed by atoms with van der Waals surface area (Å²) < 4.78 is 5.10. The zero-order valence-corrected chi connectivity index (χ0v) is 31.6. The average molecular weight is 751 g/mol. The Kier molecular flexibility index (Phi) is 7.83. The maximum Gasteiger partial charge on any atom is 0.164 e. The fourth-order valence-electron chi connectivity index (χ4n) is 7.72. The third-order valence-electron chi connectivity index (χ3n) is 10.4. The lowest BCUT2D eigenvalue weighted by Crippen LogP contribution is -2.01. The van der Waals surface area contributed by atoms with Gasteiger partial charge in [-0.1, -0.05) is 127 Å². The van der Waals surface area contributed by atoms with Crippen molar-refractivity contribution in [1.82, 2.24) is 19.9 Å². The number of rotatable bonds is 6. The van der Waals surface area contributed by atoms with Crippen LogP contribution in [0.5, 0.6) is 0 Å². The molecule has 11 rings (SSSR count). The lowest BCUT2D eigenvalue weighted by molar-refractivity contribution is 1.07. The van der Waals surface area contributed by atoms with Crippen LogP contribution in [-0.4, -0.2) is 19.9 Å². The minimum Gasteiger partial charge on any atom is -0.256 e. The summed E-state index contributed by atoms with van der Waals surface area (Å²) in [5.41, 5.74) is 9.28. The predicted octanol–water partition coefficient (Wildman–Crippen LogP) is 14.0. The van der Waals surface area contributed by atoms with Crippen LogP contribution in [0.1, 0.15) is 0 Å². The van der Waals surface area contributed by atoms with Crippen molar-refractivity contribution in [3.63, 3.8) is 0 Å². The Morgan fingerprint density at radius 2 is 0.786 bits per heavy atom. The van der Waals surface area contributed by atoms with Crippen molar-refractivity contribution in [3.8, 4) is 67.7 Å². The summed E-state index contributed by atoms with van der Waals surface area (Å²) in [5, 5.41) is 5.10. The summed E-state index contributed by atoms with van der Waals surface area (Å²) in [5.74, 6) is 1.85. The van der Waals surface area contributed by atoms with Gasteiger partial charge in [-0.25, -0.2) is 15.0 Å². The Bertz CT molecular complexity index is 3130. The van der Waals surface area contributed by atoms with E-state index in [9.17, 15) is 0 Å². The normalized spacial score (nSPS) is 11.6. The Morgan fingerprint density at radius 3 is 1.41 bits per heavy atom. The van der Waals surface area contributed by atoms with E-state index in [4.69, 9.17) is 15.0 Å². The second-order valence-corrected chi connectivity index (χ2v) is 15.9. The lowest BCUT2D eigenvalue weighted by atomic mass is 9.94. The fourth-order valence-corrected chi connectivity index (χ4v) is 10.2. The van der Waals surface area contributed by atoms with Crippen LogP contribution in [0, 0.1) is 0 Å². The van der Waals surface area contributed by atoms with Gasteiger partial charge in [0.2, 0.25) is 0 Å². The second kappa shape index (κ2) is 13.5. The number of aromatic nitrogens is 4. The molecule has 4 heterocycles. The van der Waals surface area contributed by atoms with Gasteiger partial charge in [0.1, 0.15) is 0 Å². The van der Waals surface area contributed by atoms with Crippen LogP contribution in [0.15, 0.2) is 182 Å². The first-order chi connectivity index (χ1) is 27.7. The van der Waals surface area contributed by atoms with Crippen molar-refractivity contribution in [2.45, 2.75) is 0 Å². The van der Waals surface area contributed by atoms with Gasteiger partial charge >= 0.3 is 0 Å². The summed E-state index contributed by atoms with van der Waals surface area (Å²) in [6.45, 7) is 0. The standard InChI is InChI=1S/C50H30N4S2/c1-2-13-31(14-3-1)48-52-49(33-16-10-15-32(27-33)43-23-8-9-26-51-43)54-50(53-48)36-29-34(37-19-11-21-41-39-17-4-6-24-44(39)55-46(37)41)28-35(30-36)38-20-12-22-42-40-18-5-7-25-45(40)56-47(38)42/h1-30H. The number of thiophene rings is 2. The molecule has 11 aromatic rings. The monoisotopic (exact) mass is 750 g/mol. The lowest BCUT2D eigenvalue weighted by Gasteiger charge is -2.13. The zero-order chi connectivity index (χ0) is 37.0. The highest BCUT2D eigenvalue weighted by Gasteiger charge is 2.19. The first-order valence-corrected chi connectivity index (χ1v) is 20.2. The van der Waals surface area contributed by atoms with E-state index < -0.39 is 0 Å². The Hall–Kier alpha value is -6.86. The van der Waals surface area contributed by atoms with E-state index in [1.807, 2.05) is 71.3 Å².